The molecule has 2 aromatic heterocycles. The van der Waals surface area contributed by atoms with Gasteiger partial charge in [-0.3, -0.25) is 0 Å². The van der Waals surface area contributed by atoms with Crippen molar-refractivity contribution in [1.82, 2.24) is 19.7 Å². The van der Waals surface area contributed by atoms with Crippen molar-refractivity contribution in [3.63, 3.8) is 0 Å². The lowest BCUT2D eigenvalue weighted by Gasteiger charge is -2.06. The molecule has 8 nitrogen and oxygen atoms in total. The third-order valence-corrected chi connectivity index (χ3v) is 5.44. The molecule has 0 aliphatic rings. The molecule has 0 saturated carbocycles. The molecule has 0 saturated heterocycles. The lowest BCUT2D eigenvalue weighted by atomic mass is 10.1. The Hall–Kier alpha value is -5.23. The van der Waals surface area contributed by atoms with Gasteiger partial charge in [-0.15, -0.1) is 0 Å². The Morgan fingerprint density at radius 1 is 1.06 bits per heavy atom. The minimum absolute atomic E-state index is 0.112. The van der Waals surface area contributed by atoms with E-state index < -0.39 is 24.2 Å². The number of imidazole rings is 1. The zero-order chi connectivity index (χ0) is 25.1. The van der Waals surface area contributed by atoms with Crippen LogP contribution in [0.1, 0.15) is 16.2 Å². The second-order valence-electron chi connectivity index (χ2n) is 7.79. The highest BCUT2D eigenvalue weighted by atomic mass is 19.1. The van der Waals surface area contributed by atoms with E-state index in [1.165, 1.54) is 35.1 Å². The molecule has 0 aliphatic carbocycles. The molecule has 5 aromatic rings. The summed E-state index contributed by atoms with van der Waals surface area (Å²) in [6, 6.07) is 23.8. The summed E-state index contributed by atoms with van der Waals surface area (Å²) in [6.07, 6.45) is 1.50. The van der Waals surface area contributed by atoms with Crippen molar-refractivity contribution in [2.75, 3.05) is 6.61 Å². The van der Waals surface area contributed by atoms with E-state index in [9.17, 15) is 19.6 Å². The van der Waals surface area contributed by atoms with Crippen LogP contribution in [-0.2, 0) is 4.74 Å². The molecule has 0 fully saturated rings. The molecular formula is C27H18FN5O3. The maximum atomic E-state index is 13.5. The van der Waals surface area contributed by atoms with Gasteiger partial charge in [-0.05, 0) is 48.5 Å². The van der Waals surface area contributed by atoms with Crippen LogP contribution in [0.5, 0.6) is 0 Å². The first kappa shape index (κ1) is 22.6. The van der Waals surface area contributed by atoms with Gasteiger partial charge < -0.3 is 14.8 Å². The molecule has 0 unspecified atom stereocenters. The Balaban J connectivity index is 1.44. The van der Waals surface area contributed by atoms with Gasteiger partial charge in [0.25, 0.3) is 0 Å². The van der Waals surface area contributed by atoms with Crippen molar-refractivity contribution in [2.24, 2.45) is 0 Å². The first-order valence-corrected chi connectivity index (χ1v) is 10.9. The maximum absolute atomic E-state index is 13.5. The van der Waals surface area contributed by atoms with E-state index in [-0.39, 0.29) is 22.7 Å². The van der Waals surface area contributed by atoms with E-state index >= 15 is 0 Å². The Labute approximate surface area is 204 Å². The van der Waals surface area contributed by atoms with Crippen molar-refractivity contribution in [3.8, 4) is 23.0 Å². The number of para-hydroxylation sites is 3. The number of nitrogens with zero attached hydrogens (tertiary/aromatic N) is 4. The van der Waals surface area contributed by atoms with Crippen LogP contribution in [0.4, 0.5) is 4.39 Å². The summed E-state index contributed by atoms with van der Waals surface area (Å²) < 4.78 is 20.3. The molecule has 0 radical (unpaired) electrons. The molecular weight excluding hydrogens is 461 g/mol. The summed E-state index contributed by atoms with van der Waals surface area (Å²) in [5.41, 5.74) is 2.80. The number of aromatic nitrogens is 4. The smallest absolute Gasteiger partial charge is 0.342 e. The Morgan fingerprint density at radius 3 is 2.50 bits per heavy atom. The number of rotatable bonds is 6. The molecule has 0 atom stereocenters. The zero-order valence-corrected chi connectivity index (χ0v) is 18.7. The Kier molecular flexibility index (Phi) is 5.99. The zero-order valence-electron chi connectivity index (χ0n) is 18.7. The number of ether oxygens (including phenoxy) is 1. The molecule has 9 heteroatoms. The predicted molar refractivity (Wildman–Crippen MR) is 130 cm³/mol. The molecule has 5 rings (SSSR count). The minimum Gasteiger partial charge on any atom is -0.507 e. The van der Waals surface area contributed by atoms with Gasteiger partial charge in [0.15, 0.2) is 11.6 Å². The number of aromatic amines is 1. The molecule has 3 aromatic carbocycles. The van der Waals surface area contributed by atoms with Crippen molar-refractivity contribution in [1.29, 1.82) is 5.26 Å². The Bertz CT molecular complexity index is 1600. The van der Waals surface area contributed by atoms with Gasteiger partial charge in [-0.25, -0.2) is 18.9 Å². The van der Waals surface area contributed by atoms with Crippen molar-refractivity contribution < 1.29 is 19.0 Å². The third-order valence-electron chi connectivity index (χ3n) is 5.44. The van der Waals surface area contributed by atoms with E-state index in [1.807, 2.05) is 42.5 Å². The second kappa shape index (κ2) is 9.56. The number of carbonyl (C=O) groups excluding carboxylic acids is 1. The van der Waals surface area contributed by atoms with Crippen LogP contribution in [0, 0.1) is 17.1 Å². The maximum Gasteiger partial charge on any atom is 0.342 e. The topological polar surface area (TPSA) is 117 Å². The lowest BCUT2D eigenvalue weighted by Crippen LogP contribution is -2.10. The molecule has 0 spiro atoms. The number of nitriles is 1. The van der Waals surface area contributed by atoms with Crippen LogP contribution in [-0.4, -0.2) is 37.4 Å². The third kappa shape index (κ3) is 4.43. The SMILES string of the molecule is N#CC(=C(O)COC(=O)c1cn(-c2ccccc2)nc1-c1ccc(F)cc1)c1nc2ccccc2[nH]1. The summed E-state index contributed by atoms with van der Waals surface area (Å²) >= 11 is 0. The number of aliphatic hydroxyl groups excluding tert-OH is 1. The van der Waals surface area contributed by atoms with E-state index in [0.29, 0.717) is 22.3 Å². The first-order chi connectivity index (χ1) is 17.5. The standard InChI is InChI=1S/C27H18FN5O3/c28-18-12-10-17(11-13-18)25-21(15-33(32-25)19-6-2-1-3-7-19)27(35)36-16-24(34)20(14-29)26-30-22-8-4-5-9-23(22)31-26/h1-13,15,34H,16H2,(H,30,31). The van der Waals surface area contributed by atoms with Crippen LogP contribution in [0.25, 0.3) is 33.6 Å². The van der Waals surface area contributed by atoms with E-state index in [4.69, 9.17) is 4.74 Å². The number of benzene rings is 3. The molecule has 0 aliphatic heterocycles. The van der Waals surface area contributed by atoms with Crippen LogP contribution in [0.2, 0.25) is 0 Å². The quantitative estimate of drug-likeness (QED) is 0.196. The Morgan fingerprint density at radius 2 is 1.78 bits per heavy atom. The highest BCUT2D eigenvalue weighted by Gasteiger charge is 2.22. The molecule has 0 bridgehead atoms. The number of hydrogen-bond donors (Lipinski definition) is 2. The molecule has 0 amide bonds. The fraction of sp³-hybridized carbons (Fsp3) is 0.0370. The normalized spacial score (nSPS) is 11.7. The van der Waals surface area contributed by atoms with Gasteiger partial charge in [0, 0.05) is 11.8 Å². The molecule has 176 valence electrons. The highest BCUT2D eigenvalue weighted by molar-refractivity contribution is 5.96. The van der Waals surface area contributed by atoms with Gasteiger partial charge in [-0.1, -0.05) is 30.3 Å². The minimum atomic E-state index is -0.773. The van der Waals surface area contributed by atoms with Crippen LogP contribution >= 0.6 is 0 Å². The number of H-pyrrole nitrogens is 1. The fourth-order valence-electron chi connectivity index (χ4n) is 3.67. The van der Waals surface area contributed by atoms with Crippen molar-refractivity contribution >= 4 is 22.6 Å². The van der Waals surface area contributed by atoms with Crippen molar-refractivity contribution in [2.45, 2.75) is 0 Å². The van der Waals surface area contributed by atoms with Crippen LogP contribution < -0.4 is 0 Å². The summed E-state index contributed by atoms with van der Waals surface area (Å²) in [7, 11) is 0. The number of allylic oxidation sites excluding steroid dienone is 1. The van der Waals surface area contributed by atoms with Crippen molar-refractivity contribution in [3.05, 3.63) is 108 Å². The van der Waals surface area contributed by atoms with Crippen LogP contribution in [0.15, 0.2) is 90.8 Å². The highest BCUT2D eigenvalue weighted by Crippen LogP contribution is 2.25. The molecule has 2 N–H and O–H groups in total. The average molecular weight is 479 g/mol. The molecule has 36 heavy (non-hydrogen) atoms. The lowest BCUT2D eigenvalue weighted by molar-refractivity contribution is 0.0503. The van der Waals surface area contributed by atoms with Gasteiger partial charge in [0.1, 0.15) is 35.3 Å². The van der Waals surface area contributed by atoms with Gasteiger partial charge in [0.05, 0.1) is 16.7 Å². The number of aliphatic hydroxyl groups is 1. The number of halogens is 1. The number of hydrogen-bond acceptors (Lipinski definition) is 6. The predicted octanol–water partition coefficient (Wildman–Crippen LogP) is 5.20. The second-order valence-corrected chi connectivity index (χ2v) is 7.79. The van der Waals surface area contributed by atoms with E-state index in [1.54, 1.807) is 18.2 Å². The number of fused-ring (bicyclic) bond motifs is 1. The van der Waals surface area contributed by atoms with Crippen LogP contribution in [0.3, 0.4) is 0 Å². The first-order valence-electron chi connectivity index (χ1n) is 10.9. The number of esters is 1. The summed E-state index contributed by atoms with van der Waals surface area (Å²) in [6.45, 7) is -0.557. The summed E-state index contributed by atoms with van der Waals surface area (Å²) in [5, 5.41) is 24.6. The fourth-order valence-corrected chi connectivity index (χ4v) is 3.67. The average Bonchev–Trinajstić information content (AvgIpc) is 3.54. The van der Waals surface area contributed by atoms with Gasteiger partial charge in [-0.2, -0.15) is 10.4 Å². The van der Waals surface area contributed by atoms with Gasteiger partial charge >= 0.3 is 5.97 Å². The molecule has 2 heterocycles. The monoisotopic (exact) mass is 479 g/mol. The number of carbonyl (C=O) groups is 1. The summed E-state index contributed by atoms with van der Waals surface area (Å²) in [4.78, 5) is 20.3. The van der Waals surface area contributed by atoms with E-state index in [0.717, 1.165) is 0 Å². The largest absolute Gasteiger partial charge is 0.507 e. The van der Waals surface area contributed by atoms with E-state index in [2.05, 4.69) is 15.1 Å². The number of nitrogens with one attached hydrogen (secondary N) is 1. The summed E-state index contributed by atoms with van der Waals surface area (Å²) in [5.74, 6) is -1.49. The van der Waals surface area contributed by atoms with Gasteiger partial charge in [0.2, 0.25) is 0 Å².